The Hall–Kier alpha value is -9.84. The third kappa shape index (κ3) is 34.8. The molecule has 6 aliphatic carbocycles. The van der Waals surface area contributed by atoms with Gasteiger partial charge in [-0.3, -0.25) is 73.4 Å². The van der Waals surface area contributed by atoms with E-state index in [-0.39, 0.29) is 143 Å². The van der Waals surface area contributed by atoms with Crippen LogP contribution in [0.4, 0.5) is 57.8 Å². The predicted octanol–water partition coefficient (Wildman–Crippen LogP) is 18.0. The maximum atomic E-state index is 13.5. The van der Waals surface area contributed by atoms with Gasteiger partial charge < -0.3 is 52.9 Å². The van der Waals surface area contributed by atoms with Crippen molar-refractivity contribution >= 4 is 122 Å². The number of aromatic nitrogens is 6. The number of benzene rings is 3. The molecule has 35 nitrogen and oxygen atoms in total. The van der Waals surface area contributed by atoms with E-state index in [0.29, 0.717) is 76.3 Å². The van der Waals surface area contributed by atoms with Gasteiger partial charge in [0.05, 0.1) is 134 Å². The van der Waals surface area contributed by atoms with Crippen molar-refractivity contribution in [3.63, 3.8) is 0 Å². The van der Waals surface area contributed by atoms with Crippen LogP contribution in [0.1, 0.15) is 216 Å². The first-order chi connectivity index (χ1) is 65.2. The van der Waals surface area contributed by atoms with Gasteiger partial charge in [0, 0.05) is 97.9 Å². The van der Waals surface area contributed by atoms with Crippen LogP contribution in [-0.4, -0.2) is 204 Å². The van der Waals surface area contributed by atoms with Gasteiger partial charge in [-0.1, -0.05) is 31.2 Å². The second kappa shape index (κ2) is 49.4. The number of anilines is 3. The number of rotatable bonds is 17. The van der Waals surface area contributed by atoms with Crippen LogP contribution < -0.4 is 25.2 Å². The average molecular weight is 2260 g/mol. The molecule has 6 saturated carbocycles. The van der Waals surface area contributed by atoms with Crippen molar-refractivity contribution in [2.24, 2.45) is 21.7 Å². The van der Waals surface area contributed by atoms with Crippen LogP contribution in [-0.2, 0) is 115 Å². The van der Waals surface area contributed by atoms with E-state index in [1.165, 1.54) is 30.5 Å². The van der Waals surface area contributed by atoms with Gasteiger partial charge >= 0.3 is 63.3 Å². The van der Waals surface area contributed by atoms with Gasteiger partial charge in [0.15, 0.2) is 56.1 Å². The number of nitrogens with zero attached hydrogens (tertiary/aromatic N) is 13. The number of nitro groups is 2. The first-order valence-corrected chi connectivity index (χ1v) is 53.7. The maximum absolute atomic E-state index is 13.5. The fraction of sp³-hybridized carbons (Fsp3) is 0.600. The molecule has 0 bridgehead atoms. The Morgan fingerprint density at radius 1 is 0.614 bits per heavy atom. The van der Waals surface area contributed by atoms with E-state index in [1.54, 1.807) is 83.5 Å². The molecule has 9 heterocycles. The number of amides is 7. The molecule has 3 spiro atoms. The van der Waals surface area contributed by atoms with Gasteiger partial charge in [0.2, 0.25) is 30.2 Å². The molecule has 776 valence electrons. The quantitative estimate of drug-likeness (QED) is 0.00818. The van der Waals surface area contributed by atoms with E-state index in [1.807, 2.05) is 101 Å². The summed E-state index contributed by atoms with van der Waals surface area (Å²) in [5.41, 5.74) is 4.84. The van der Waals surface area contributed by atoms with Crippen molar-refractivity contribution in [1.82, 2.24) is 49.4 Å². The van der Waals surface area contributed by atoms with Gasteiger partial charge in [-0.25, -0.2) is 45.5 Å². The van der Waals surface area contributed by atoms with E-state index in [4.69, 9.17) is 38.2 Å². The minimum atomic E-state index is -1.60. The Bertz CT molecular complexity index is 5370. The zero-order valence-corrected chi connectivity index (χ0v) is 87.5. The Balaban J connectivity index is 0.000000200. The van der Waals surface area contributed by atoms with Crippen molar-refractivity contribution in [2.45, 2.75) is 294 Å². The number of hydrogen-bond acceptors (Lipinski definition) is 23. The second-order valence-corrected chi connectivity index (χ2v) is 45.2. The summed E-state index contributed by atoms with van der Waals surface area (Å²) in [7, 11) is -0.503. The molecule has 0 radical (unpaired) electrons. The van der Waals surface area contributed by atoms with Gasteiger partial charge in [0.25, 0.3) is 0 Å². The van der Waals surface area contributed by atoms with Crippen LogP contribution in [0.2, 0.25) is 19.6 Å². The molecule has 2 N–H and O–H groups in total. The number of carbonyl (C=O) groups is 9. The molecule has 45 heteroatoms. The molecule has 140 heavy (non-hydrogen) atoms. The van der Waals surface area contributed by atoms with E-state index in [9.17, 15) is 79.6 Å². The number of ether oxygens (including phenoxy) is 6. The van der Waals surface area contributed by atoms with Gasteiger partial charge in [0.1, 0.15) is 17.0 Å². The third-order valence-electron chi connectivity index (χ3n) is 24.0. The van der Waals surface area contributed by atoms with Crippen LogP contribution in [0, 0.1) is 80.4 Å². The summed E-state index contributed by atoms with van der Waals surface area (Å²) in [5.74, 6) is -8.76. The molecule has 3 aromatic heterocycles. The number of carbonyl (C=O) groups excluding carboxylic acids is 9. The van der Waals surface area contributed by atoms with E-state index in [2.05, 4.69) is 85.7 Å². The zero-order valence-electron chi connectivity index (χ0n) is 81.3. The van der Waals surface area contributed by atoms with E-state index < -0.39 is 65.4 Å². The molecule has 7 amide bonds. The van der Waals surface area contributed by atoms with E-state index >= 15 is 0 Å². The van der Waals surface area contributed by atoms with Gasteiger partial charge in [-0.05, 0) is 236 Å². The summed E-state index contributed by atoms with van der Waals surface area (Å²) < 4.78 is 122. The zero-order chi connectivity index (χ0) is 103. The third-order valence-corrected chi connectivity index (χ3v) is 25.9. The SMILES string of the molecule is C.CCOC(=O)C=C1CC1.CCOC(=O)CC1(C[N+](=O)[O-])CC1.CCOC1(O[Si](C)(C)C)CC1.C[C@H]1Cn2ncc(I)c2CN1C(=O)OC(C)(C)C.C[C@H]1Cn2ncc(N3CC4(CC4)CC3=O)c2CN1C(=O)Cc1cc(F)c(F)c(F)c1.C[C@H]1Cn2ncc(N3CC4(CC4)CC3=O)c2CN1C(=O)OC(C)(C)C.C[N+](=O)[O-].O=C(Nc1cc(F)c(F)c(F)c1)Oc1ccccc1.O=C1CC2(CC2)CN1.[Cu][I]. The molecule has 3 aromatic carbocycles. The van der Waals surface area contributed by atoms with Gasteiger partial charge in [-0.2, -0.15) is 15.3 Å². The summed E-state index contributed by atoms with van der Waals surface area (Å²) in [6.07, 6.45) is 20.1. The normalized spacial score (nSPS) is 19.3. The first-order valence-electron chi connectivity index (χ1n) is 46.1. The van der Waals surface area contributed by atoms with Crippen molar-refractivity contribution in [1.29, 1.82) is 0 Å². The average Bonchev–Trinajstić information content (AvgIpc) is 1.58. The molecular weight excluding hydrogens is 2130 g/mol. The minimum absolute atomic E-state index is 0. The summed E-state index contributed by atoms with van der Waals surface area (Å²) in [6, 6.07) is 11.0. The molecule has 18 rings (SSSR count). The number of esters is 2. The number of nitrogens with one attached hydrogen (secondary N) is 2. The Kier molecular flexibility index (Phi) is 40.8. The van der Waals surface area contributed by atoms with Crippen LogP contribution in [0.25, 0.3) is 0 Å². The molecule has 12 aliphatic rings. The summed E-state index contributed by atoms with van der Waals surface area (Å²) in [5, 5.41) is 37.2. The standard InChI is InChI=1S/C21H21F3N4O2.C18H26N4O3.C13H8F3NO2.C12H18IN3O2.C8H13NO4.C8H18O2Si.C7H10O2.C6H9NO.CH3NO2.CH4.Cu.HI/c1-12-9-28-17(16(8-25-28)27-11-21(2-3-21)7-19(27)30)10-26(12)18(29)6-13-4-14(22)20(24)15(23)5-13;1-12-9-22-14(10-20(12)16(24)25-17(2,3)4)13(8-19-22)21-11-18(5-6-18)7-15(21)23;14-10-6-8(7-11(15)12(10)16)17-13(18)19-9-4-2-1-3-5-9;1-8-6-16-10(9(13)5-14-16)7-15(8)11(17)18-12(2,3)4;1-2-13-7(10)5-8(3-4-8)6-9(11)12;1-5-9-8(6-7-8)10-11(2,3)4;1-2-9-7(8)5-6-3-4-6;8-5-3-6(1-2-6)4-7-5;1-2(3)4;;;/h4-5,8,12H,2-3,6-7,9-11H2,1H3;8,12H,5-7,9-11H2,1-4H3;1-7H,(H,17,18);5,8H,6-7H2,1-4H3;2-6H2,1H3;5-7H2,1-4H3;5H,2-4H2,1H3;1-4H2,(H,7,8);1H3;1H4;;1H/q;;;;;;;;;;+1;/p-1/t2*12-;;8-;;;;;;;;/m00.0......../s1. The van der Waals surface area contributed by atoms with E-state index in [0.717, 1.165) is 148 Å². The second-order valence-electron chi connectivity index (χ2n) is 39.6. The monoisotopic (exact) mass is 2260 g/mol. The van der Waals surface area contributed by atoms with Crippen LogP contribution in [0.3, 0.4) is 0 Å². The molecular formula is C95H130CuF6I2N15O20Si. The van der Waals surface area contributed by atoms with Crippen LogP contribution in [0.15, 0.2) is 84.8 Å². The molecule has 6 aliphatic heterocycles. The number of para-hydroxylation sites is 1. The molecule has 3 saturated heterocycles. The number of allylic oxidation sites excluding steroid dienone is 1. The summed E-state index contributed by atoms with van der Waals surface area (Å²) in [4.78, 5) is 133. The summed E-state index contributed by atoms with van der Waals surface area (Å²) in [6.45, 7) is 36.2. The summed E-state index contributed by atoms with van der Waals surface area (Å²) >= 11 is 8.12. The fourth-order valence-electron chi connectivity index (χ4n) is 16.1. The van der Waals surface area contributed by atoms with Gasteiger partial charge in [-0.15, -0.1) is 0 Å². The Morgan fingerprint density at radius 3 is 1.44 bits per heavy atom. The van der Waals surface area contributed by atoms with Crippen molar-refractivity contribution < 1.29 is 125 Å². The number of halogens is 8. The molecule has 0 unspecified atom stereocenters. The first kappa shape index (κ1) is 115. The fourth-order valence-corrected chi connectivity index (χ4v) is 18.0. The van der Waals surface area contributed by atoms with Crippen molar-refractivity contribution in [2.75, 3.05) is 68.2 Å². The number of fused-ring (bicyclic) bond motifs is 3. The topological polar surface area (TPSA) is 398 Å². The van der Waals surface area contributed by atoms with Crippen LogP contribution in [0.5, 0.6) is 5.75 Å². The molecule has 6 aromatic rings. The predicted molar refractivity (Wildman–Crippen MR) is 521 cm³/mol. The van der Waals surface area contributed by atoms with Crippen molar-refractivity contribution in [3.8, 4) is 5.75 Å². The Morgan fingerprint density at radius 2 is 1.05 bits per heavy atom. The molecule has 9 fully saturated rings. The Labute approximate surface area is 846 Å². The number of hydrogen-bond donors (Lipinski definition) is 2. The van der Waals surface area contributed by atoms with Crippen molar-refractivity contribution in [3.05, 3.63) is 166 Å². The molecule has 3 atom stereocenters. The van der Waals surface area contributed by atoms with Crippen LogP contribution >= 0.6 is 42.9 Å².